The maximum absolute atomic E-state index is 12.7. The number of ether oxygens (including phenoxy) is 2. The molecule has 21 heavy (non-hydrogen) atoms. The lowest BCUT2D eigenvalue weighted by atomic mass is 10.2. The van der Waals surface area contributed by atoms with Crippen LogP contribution in [0.4, 0.5) is 13.2 Å². The topological polar surface area (TPSA) is 47.6 Å². The molecule has 0 saturated carbocycles. The van der Waals surface area contributed by atoms with Gasteiger partial charge in [-0.05, 0) is 25.5 Å². The fourth-order valence-corrected chi connectivity index (χ4v) is 1.57. The van der Waals surface area contributed by atoms with Gasteiger partial charge in [-0.15, -0.1) is 0 Å². The van der Waals surface area contributed by atoms with Crippen molar-refractivity contribution in [3.8, 4) is 5.75 Å². The van der Waals surface area contributed by atoms with Crippen molar-refractivity contribution in [2.24, 2.45) is 0 Å². The van der Waals surface area contributed by atoms with Crippen LogP contribution in [0.15, 0.2) is 24.3 Å². The maximum Gasteiger partial charge on any atom is 0.419 e. The highest BCUT2D eigenvalue weighted by atomic mass is 19.4. The van der Waals surface area contributed by atoms with E-state index in [1.807, 2.05) is 6.92 Å². The Bertz CT molecular complexity index is 449. The normalized spacial score (nSPS) is 11.2. The molecule has 1 aromatic rings. The molecule has 4 nitrogen and oxygen atoms in total. The van der Waals surface area contributed by atoms with Gasteiger partial charge in [0.2, 0.25) is 0 Å². The molecule has 1 amide bonds. The molecular formula is C14H18F3NO3. The molecule has 0 saturated heterocycles. The molecule has 0 unspecified atom stereocenters. The Balaban J connectivity index is 2.40. The summed E-state index contributed by atoms with van der Waals surface area (Å²) < 4.78 is 48.1. The number of rotatable bonds is 8. The van der Waals surface area contributed by atoms with E-state index in [2.05, 4.69) is 5.32 Å². The summed E-state index contributed by atoms with van der Waals surface area (Å²) in [6.07, 6.45) is -3.87. The molecule has 0 aliphatic rings. The Morgan fingerprint density at radius 1 is 1.29 bits per heavy atom. The largest absolute Gasteiger partial charge is 0.483 e. The van der Waals surface area contributed by atoms with Crippen molar-refractivity contribution in [2.45, 2.75) is 19.5 Å². The van der Waals surface area contributed by atoms with Crippen LogP contribution in [0.25, 0.3) is 0 Å². The number of para-hydroxylation sites is 1. The van der Waals surface area contributed by atoms with E-state index in [-0.39, 0.29) is 5.75 Å². The van der Waals surface area contributed by atoms with E-state index < -0.39 is 24.3 Å². The Hall–Kier alpha value is -1.76. The second kappa shape index (κ2) is 8.51. The van der Waals surface area contributed by atoms with Gasteiger partial charge in [0.1, 0.15) is 5.75 Å². The van der Waals surface area contributed by atoms with Crippen molar-refractivity contribution in [3.63, 3.8) is 0 Å². The van der Waals surface area contributed by atoms with E-state index in [0.29, 0.717) is 26.2 Å². The first-order chi connectivity index (χ1) is 9.95. The maximum atomic E-state index is 12.7. The Kier molecular flexibility index (Phi) is 7.01. The van der Waals surface area contributed by atoms with Crippen molar-refractivity contribution in [1.29, 1.82) is 0 Å². The molecule has 0 atom stereocenters. The molecule has 0 fully saturated rings. The summed E-state index contributed by atoms with van der Waals surface area (Å²) >= 11 is 0. The zero-order chi connectivity index (χ0) is 15.7. The number of carbonyl (C=O) groups excluding carboxylic acids is 1. The molecule has 1 aromatic carbocycles. The van der Waals surface area contributed by atoms with Gasteiger partial charge in [0.15, 0.2) is 6.61 Å². The van der Waals surface area contributed by atoms with Crippen LogP contribution in [0.5, 0.6) is 5.75 Å². The van der Waals surface area contributed by atoms with Crippen molar-refractivity contribution < 1.29 is 27.4 Å². The van der Waals surface area contributed by atoms with E-state index in [0.717, 1.165) is 6.07 Å². The number of hydrogen-bond acceptors (Lipinski definition) is 3. The number of carbonyl (C=O) groups is 1. The summed E-state index contributed by atoms with van der Waals surface area (Å²) in [5.74, 6) is -0.821. The van der Waals surface area contributed by atoms with Crippen molar-refractivity contribution in [2.75, 3.05) is 26.4 Å². The van der Waals surface area contributed by atoms with Crippen LogP contribution in [0.1, 0.15) is 18.9 Å². The van der Waals surface area contributed by atoms with Gasteiger partial charge in [-0.3, -0.25) is 4.79 Å². The highest BCUT2D eigenvalue weighted by Crippen LogP contribution is 2.35. The fraction of sp³-hybridized carbons (Fsp3) is 0.500. The minimum absolute atomic E-state index is 0.352. The Labute approximate surface area is 121 Å². The second-order valence-electron chi connectivity index (χ2n) is 4.18. The first-order valence-electron chi connectivity index (χ1n) is 6.58. The van der Waals surface area contributed by atoms with E-state index in [1.54, 1.807) is 0 Å². The molecule has 0 aliphatic heterocycles. The van der Waals surface area contributed by atoms with Gasteiger partial charge in [-0.1, -0.05) is 12.1 Å². The van der Waals surface area contributed by atoms with Crippen molar-refractivity contribution in [3.05, 3.63) is 29.8 Å². The third-order valence-corrected chi connectivity index (χ3v) is 2.54. The van der Waals surface area contributed by atoms with Crippen LogP contribution in [0.2, 0.25) is 0 Å². The number of amides is 1. The first kappa shape index (κ1) is 17.3. The molecule has 1 N–H and O–H groups in total. The third kappa shape index (κ3) is 6.48. The average molecular weight is 305 g/mol. The summed E-state index contributed by atoms with van der Waals surface area (Å²) in [5.41, 5.74) is -0.894. The lowest BCUT2D eigenvalue weighted by molar-refractivity contribution is -0.139. The third-order valence-electron chi connectivity index (χ3n) is 2.54. The molecule has 0 aliphatic carbocycles. The van der Waals surface area contributed by atoms with Gasteiger partial charge in [-0.25, -0.2) is 0 Å². The standard InChI is InChI=1S/C14H18F3NO3/c1-2-20-9-5-8-18-13(19)10-21-12-7-4-3-6-11(12)14(15,16)17/h3-4,6-7H,2,5,8-10H2,1H3,(H,18,19). The van der Waals surface area contributed by atoms with Gasteiger partial charge < -0.3 is 14.8 Å². The van der Waals surface area contributed by atoms with Gasteiger partial charge >= 0.3 is 6.18 Å². The number of hydrogen-bond donors (Lipinski definition) is 1. The molecule has 7 heteroatoms. The minimum atomic E-state index is -4.51. The van der Waals surface area contributed by atoms with Crippen LogP contribution in [0.3, 0.4) is 0 Å². The number of nitrogens with one attached hydrogen (secondary N) is 1. The van der Waals surface area contributed by atoms with Crippen LogP contribution < -0.4 is 10.1 Å². The molecule has 0 spiro atoms. The van der Waals surface area contributed by atoms with E-state index >= 15 is 0 Å². The lowest BCUT2D eigenvalue weighted by Crippen LogP contribution is -2.30. The fourth-order valence-electron chi connectivity index (χ4n) is 1.57. The zero-order valence-electron chi connectivity index (χ0n) is 11.7. The number of halogens is 3. The Morgan fingerprint density at radius 2 is 2.00 bits per heavy atom. The number of benzene rings is 1. The van der Waals surface area contributed by atoms with Crippen molar-refractivity contribution >= 4 is 5.91 Å². The summed E-state index contributed by atoms with van der Waals surface area (Å²) in [5, 5.41) is 2.54. The van der Waals surface area contributed by atoms with Gasteiger partial charge in [0.25, 0.3) is 5.91 Å². The number of alkyl halides is 3. The van der Waals surface area contributed by atoms with E-state index in [9.17, 15) is 18.0 Å². The van der Waals surface area contributed by atoms with E-state index in [4.69, 9.17) is 9.47 Å². The van der Waals surface area contributed by atoms with Gasteiger partial charge in [0, 0.05) is 19.8 Å². The summed E-state index contributed by atoms with van der Waals surface area (Å²) in [6.45, 7) is 2.93. The Morgan fingerprint density at radius 3 is 2.67 bits per heavy atom. The summed E-state index contributed by atoms with van der Waals surface area (Å²) in [6, 6.07) is 4.79. The monoisotopic (exact) mass is 305 g/mol. The van der Waals surface area contributed by atoms with Crippen LogP contribution in [-0.4, -0.2) is 32.3 Å². The predicted octanol–water partition coefficient (Wildman–Crippen LogP) is 2.63. The molecule has 118 valence electrons. The van der Waals surface area contributed by atoms with Crippen LogP contribution in [0, 0.1) is 0 Å². The van der Waals surface area contributed by atoms with Crippen LogP contribution in [-0.2, 0) is 15.7 Å². The SMILES string of the molecule is CCOCCCNC(=O)COc1ccccc1C(F)(F)F. The summed E-state index contributed by atoms with van der Waals surface area (Å²) in [7, 11) is 0. The smallest absolute Gasteiger partial charge is 0.419 e. The molecule has 0 radical (unpaired) electrons. The summed E-state index contributed by atoms with van der Waals surface area (Å²) in [4.78, 5) is 11.5. The first-order valence-corrected chi connectivity index (χ1v) is 6.58. The lowest BCUT2D eigenvalue weighted by Gasteiger charge is -2.13. The highest BCUT2D eigenvalue weighted by molar-refractivity contribution is 5.77. The van der Waals surface area contributed by atoms with Crippen molar-refractivity contribution in [1.82, 2.24) is 5.32 Å². The molecular weight excluding hydrogens is 287 g/mol. The second-order valence-corrected chi connectivity index (χ2v) is 4.18. The average Bonchev–Trinajstić information content (AvgIpc) is 2.44. The molecule has 1 rings (SSSR count). The highest BCUT2D eigenvalue weighted by Gasteiger charge is 2.34. The van der Waals surface area contributed by atoms with E-state index in [1.165, 1.54) is 18.2 Å². The molecule has 0 aromatic heterocycles. The minimum Gasteiger partial charge on any atom is -0.483 e. The quantitative estimate of drug-likeness (QED) is 0.751. The zero-order valence-corrected chi connectivity index (χ0v) is 11.7. The van der Waals surface area contributed by atoms with Gasteiger partial charge in [0.05, 0.1) is 5.56 Å². The predicted molar refractivity (Wildman–Crippen MR) is 71.1 cm³/mol. The molecule has 0 heterocycles. The molecule has 0 bridgehead atoms. The van der Waals surface area contributed by atoms with Crippen LogP contribution >= 0.6 is 0 Å². The van der Waals surface area contributed by atoms with Gasteiger partial charge in [-0.2, -0.15) is 13.2 Å².